The first-order valence-electron chi connectivity index (χ1n) is 5.05. The van der Waals surface area contributed by atoms with Crippen LogP contribution in [0.1, 0.15) is 13.8 Å². The van der Waals surface area contributed by atoms with Crippen molar-refractivity contribution in [3.63, 3.8) is 0 Å². The Morgan fingerprint density at radius 1 is 1.38 bits per heavy atom. The van der Waals surface area contributed by atoms with E-state index in [0.717, 1.165) is 5.69 Å². The van der Waals surface area contributed by atoms with Gasteiger partial charge in [0.15, 0.2) is 9.84 Å². The highest BCUT2D eigenvalue weighted by Crippen LogP contribution is 2.34. The van der Waals surface area contributed by atoms with Gasteiger partial charge in [-0.3, -0.25) is 0 Å². The first kappa shape index (κ1) is 11.3. The normalized spacial score (nSPS) is 18.2. The largest absolute Gasteiger partial charge is 0.484 e. The van der Waals surface area contributed by atoms with Crippen LogP contribution in [0, 0.1) is 0 Å². The van der Waals surface area contributed by atoms with E-state index in [9.17, 15) is 8.42 Å². The number of ether oxygens (including phenoxy) is 1. The summed E-state index contributed by atoms with van der Waals surface area (Å²) in [5.74, 6) is 0.698. The summed E-state index contributed by atoms with van der Waals surface area (Å²) in [6.07, 6.45) is 1.20. The van der Waals surface area contributed by atoms with E-state index in [1.807, 2.05) is 13.8 Å². The van der Waals surface area contributed by atoms with Crippen molar-refractivity contribution < 1.29 is 13.2 Å². The minimum Gasteiger partial charge on any atom is -0.484 e. The van der Waals surface area contributed by atoms with E-state index >= 15 is 0 Å². The third kappa shape index (κ3) is 2.14. The standard InChI is InChI=1S/C11H15NO3S/c1-11(2)7-12-9-6-8(16(3,13)14)4-5-10(9)15-11/h4-6,12H,7H2,1-3H3. The highest BCUT2D eigenvalue weighted by atomic mass is 32.2. The van der Waals surface area contributed by atoms with E-state index in [1.165, 1.54) is 6.26 Å². The average molecular weight is 241 g/mol. The molecule has 0 unspecified atom stereocenters. The summed E-state index contributed by atoms with van der Waals surface area (Å²) in [7, 11) is -3.16. The quantitative estimate of drug-likeness (QED) is 0.812. The van der Waals surface area contributed by atoms with Gasteiger partial charge in [0.25, 0.3) is 0 Å². The predicted octanol–water partition coefficient (Wildman–Crippen LogP) is 1.67. The second-order valence-corrected chi connectivity index (χ2v) is 6.66. The molecule has 2 rings (SSSR count). The molecule has 0 saturated carbocycles. The van der Waals surface area contributed by atoms with Crippen LogP contribution in [0.15, 0.2) is 23.1 Å². The van der Waals surface area contributed by atoms with Crippen LogP contribution in [0.25, 0.3) is 0 Å². The first-order chi connectivity index (χ1) is 7.28. The van der Waals surface area contributed by atoms with Crippen molar-refractivity contribution in [2.45, 2.75) is 24.3 Å². The van der Waals surface area contributed by atoms with Gasteiger partial charge in [-0.1, -0.05) is 0 Å². The van der Waals surface area contributed by atoms with Crippen LogP contribution >= 0.6 is 0 Å². The van der Waals surface area contributed by atoms with Gasteiger partial charge in [-0.05, 0) is 32.0 Å². The number of nitrogens with one attached hydrogen (secondary N) is 1. The monoisotopic (exact) mass is 241 g/mol. The molecule has 0 aromatic heterocycles. The molecule has 1 aromatic carbocycles. The van der Waals surface area contributed by atoms with Crippen LogP contribution in [0.4, 0.5) is 5.69 Å². The number of fused-ring (bicyclic) bond motifs is 1. The third-order valence-corrected chi connectivity index (χ3v) is 3.58. The van der Waals surface area contributed by atoms with E-state index in [1.54, 1.807) is 18.2 Å². The molecular weight excluding hydrogens is 226 g/mol. The van der Waals surface area contributed by atoms with E-state index in [4.69, 9.17) is 4.74 Å². The van der Waals surface area contributed by atoms with Crippen LogP contribution in [-0.4, -0.2) is 26.8 Å². The van der Waals surface area contributed by atoms with Gasteiger partial charge in [-0.2, -0.15) is 0 Å². The summed E-state index contributed by atoms with van der Waals surface area (Å²) in [5.41, 5.74) is 0.474. The summed E-state index contributed by atoms with van der Waals surface area (Å²) in [6, 6.07) is 4.87. The van der Waals surface area contributed by atoms with Crippen molar-refractivity contribution in [3.8, 4) is 5.75 Å². The highest BCUT2D eigenvalue weighted by Gasteiger charge is 2.26. The van der Waals surface area contributed by atoms with Gasteiger partial charge in [0, 0.05) is 6.26 Å². The zero-order valence-corrected chi connectivity index (χ0v) is 10.4. The molecule has 0 saturated heterocycles. The molecule has 0 atom stereocenters. The molecule has 1 N–H and O–H groups in total. The van der Waals surface area contributed by atoms with Crippen molar-refractivity contribution >= 4 is 15.5 Å². The van der Waals surface area contributed by atoms with E-state index in [-0.39, 0.29) is 5.60 Å². The Kier molecular flexibility index (Phi) is 2.38. The zero-order chi connectivity index (χ0) is 12.0. The lowest BCUT2D eigenvalue weighted by atomic mass is 10.1. The summed E-state index contributed by atoms with van der Waals surface area (Å²) in [4.78, 5) is 0.307. The lowest BCUT2D eigenvalue weighted by molar-refractivity contribution is 0.116. The first-order valence-corrected chi connectivity index (χ1v) is 6.94. The van der Waals surface area contributed by atoms with Gasteiger partial charge in [0.1, 0.15) is 11.4 Å². The molecule has 4 nitrogen and oxygen atoms in total. The third-order valence-electron chi connectivity index (χ3n) is 2.47. The molecule has 0 radical (unpaired) electrons. The SMILES string of the molecule is CC1(C)CNc2cc(S(C)(=O)=O)ccc2O1. The maximum Gasteiger partial charge on any atom is 0.175 e. The Morgan fingerprint density at radius 2 is 2.06 bits per heavy atom. The predicted molar refractivity (Wildman–Crippen MR) is 62.7 cm³/mol. The Bertz CT molecular complexity index is 520. The molecule has 0 spiro atoms. The summed E-state index contributed by atoms with van der Waals surface area (Å²) >= 11 is 0. The minimum absolute atomic E-state index is 0.264. The van der Waals surface area contributed by atoms with Gasteiger partial charge in [0.2, 0.25) is 0 Å². The molecule has 5 heteroatoms. The fourth-order valence-electron chi connectivity index (χ4n) is 1.61. The van der Waals surface area contributed by atoms with Gasteiger partial charge in [-0.25, -0.2) is 8.42 Å². The molecule has 1 aliphatic heterocycles. The fraction of sp³-hybridized carbons (Fsp3) is 0.455. The number of hydrogen-bond acceptors (Lipinski definition) is 4. The zero-order valence-electron chi connectivity index (χ0n) is 9.57. The average Bonchev–Trinajstić information content (AvgIpc) is 2.14. The second-order valence-electron chi connectivity index (χ2n) is 4.65. The maximum absolute atomic E-state index is 11.4. The minimum atomic E-state index is -3.16. The molecule has 88 valence electrons. The number of sulfone groups is 1. The molecular formula is C11H15NO3S. The maximum atomic E-state index is 11.4. The van der Waals surface area contributed by atoms with Crippen LogP contribution < -0.4 is 10.1 Å². The Labute approximate surface area is 95.5 Å². The summed E-state index contributed by atoms with van der Waals surface area (Å²) < 4.78 is 28.5. The van der Waals surface area contributed by atoms with Crippen LogP contribution in [0.2, 0.25) is 0 Å². The Morgan fingerprint density at radius 3 is 2.69 bits per heavy atom. The van der Waals surface area contributed by atoms with Crippen molar-refractivity contribution in [1.29, 1.82) is 0 Å². The lowest BCUT2D eigenvalue weighted by Crippen LogP contribution is -2.40. The highest BCUT2D eigenvalue weighted by molar-refractivity contribution is 7.90. The summed E-state index contributed by atoms with van der Waals surface area (Å²) in [6.45, 7) is 4.62. The Balaban J connectivity index is 2.43. The Hall–Kier alpha value is -1.23. The van der Waals surface area contributed by atoms with Crippen molar-refractivity contribution in [3.05, 3.63) is 18.2 Å². The van der Waals surface area contributed by atoms with Crippen molar-refractivity contribution in [1.82, 2.24) is 0 Å². The molecule has 1 aromatic rings. The number of rotatable bonds is 1. The summed E-state index contributed by atoms with van der Waals surface area (Å²) in [5, 5.41) is 3.18. The molecule has 1 heterocycles. The van der Waals surface area contributed by atoms with Crippen LogP contribution in [0.3, 0.4) is 0 Å². The van der Waals surface area contributed by atoms with E-state index < -0.39 is 9.84 Å². The topological polar surface area (TPSA) is 55.4 Å². The molecule has 0 bridgehead atoms. The van der Waals surface area contributed by atoms with Crippen molar-refractivity contribution in [2.24, 2.45) is 0 Å². The van der Waals surface area contributed by atoms with Crippen LogP contribution in [0.5, 0.6) is 5.75 Å². The fourth-order valence-corrected chi connectivity index (χ4v) is 2.26. The van der Waals surface area contributed by atoms with Gasteiger partial charge in [-0.15, -0.1) is 0 Å². The van der Waals surface area contributed by atoms with Gasteiger partial charge >= 0.3 is 0 Å². The lowest BCUT2D eigenvalue weighted by Gasteiger charge is -2.33. The van der Waals surface area contributed by atoms with Crippen molar-refractivity contribution in [2.75, 3.05) is 18.1 Å². The second kappa shape index (κ2) is 3.38. The number of anilines is 1. The van der Waals surface area contributed by atoms with Gasteiger partial charge < -0.3 is 10.1 Å². The molecule has 1 aliphatic rings. The van der Waals surface area contributed by atoms with Gasteiger partial charge in [0.05, 0.1) is 17.1 Å². The van der Waals surface area contributed by atoms with Crippen LogP contribution in [-0.2, 0) is 9.84 Å². The molecule has 0 fully saturated rings. The number of hydrogen-bond donors (Lipinski definition) is 1. The molecule has 16 heavy (non-hydrogen) atoms. The van der Waals surface area contributed by atoms with E-state index in [2.05, 4.69) is 5.32 Å². The van der Waals surface area contributed by atoms with E-state index in [0.29, 0.717) is 17.2 Å². The molecule has 0 amide bonds. The molecule has 0 aliphatic carbocycles. The number of benzene rings is 1. The smallest absolute Gasteiger partial charge is 0.175 e.